The highest BCUT2D eigenvalue weighted by atomic mass is 32.2. The molecule has 4 N–H and O–H groups in total. The smallest absolute Gasteiger partial charge is 0.256 e. The van der Waals surface area contributed by atoms with Crippen molar-refractivity contribution in [3.8, 4) is 0 Å². The Morgan fingerprint density at radius 2 is 2.00 bits per heavy atom. The molecule has 11 heteroatoms. The number of aliphatic hydroxyl groups is 1. The summed E-state index contributed by atoms with van der Waals surface area (Å²) in [5.74, 6) is -1.04. The number of nitrogens with zero attached hydrogens (tertiary/aromatic N) is 1. The number of rotatable bonds is 6. The maximum absolute atomic E-state index is 13.7. The van der Waals surface area contributed by atoms with E-state index in [-0.39, 0.29) is 36.4 Å². The first kappa shape index (κ1) is 24.1. The zero-order valence-corrected chi connectivity index (χ0v) is 19.8. The lowest BCUT2D eigenvalue weighted by molar-refractivity contribution is -0.110. The third kappa shape index (κ3) is 5.06. The summed E-state index contributed by atoms with van der Waals surface area (Å²) in [4.78, 5) is 30.2. The molecule has 182 valence electrons. The van der Waals surface area contributed by atoms with Crippen LogP contribution in [0, 0.1) is 19.7 Å². The van der Waals surface area contributed by atoms with E-state index in [9.17, 15) is 27.5 Å². The zero-order valence-electron chi connectivity index (χ0n) is 18.9. The van der Waals surface area contributed by atoms with Crippen LogP contribution in [0.25, 0.3) is 11.6 Å². The van der Waals surface area contributed by atoms with Gasteiger partial charge in [-0.3, -0.25) is 14.5 Å². The second kappa shape index (κ2) is 9.32. The Bertz CT molecular complexity index is 1270. The van der Waals surface area contributed by atoms with Gasteiger partial charge in [0, 0.05) is 48.8 Å². The zero-order chi connectivity index (χ0) is 24.6. The normalized spacial score (nSPS) is 19.6. The molecule has 2 aliphatic rings. The van der Waals surface area contributed by atoms with Gasteiger partial charge in [0.2, 0.25) is 0 Å². The minimum absolute atomic E-state index is 0.0115. The van der Waals surface area contributed by atoms with Gasteiger partial charge in [0.05, 0.1) is 28.7 Å². The van der Waals surface area contributed by atoms with E-state index in [1.54, 1.807) is 19.9 Å². The maximum atomic E-state index is 13.7. The maximum Gasteiger partial charge on any atom is 0.256 e. The van der Waals surface area contributed by atoms with E-state index < -0.39 is 21.8 Å². The van der Waals surface area contributed by atoms with Crippen molar-refractivity contribution in [1.29, 1.82) is 0 Å². The van der Waals surface area contributed by atoms with Gasteiger partial charge >= 0.3 is 0 Å². The molecule has 1 fully saturated rings. The molecule has 2 amide bonds. The van der Waals surface area contributed by atoms with E-state index >= 15 is 0 Å². The molecule has 0 bridgehead atoms. The van der Waals surface area contributed by atoms with Gasteiger partial charge in [-0.05, 0) is 43.7 Å². The second-order valence-corrected chi connectivity index (χ2v) is 11.0. The average Bonchev–Trinajstić information content (AvgIpc) is 3.23. The number of H-pyrrole nitrogens is 1. The summed E-state index contributed by atoms with van der Waals surface area (Å²) in [6, 6.07) is 4.07. The van der Waals surface area contributed by atoms with Crippen LogP contribution >= 0.6 is 0 Å². The molecule has 2 aromatic rings. The number of sulfone groups is 1. The fraction of sp³-hybridized carbons (Fsp3) is 0.391. The van der Waals surface area contributed by atoms with Crippen LogP contribution in [0.15, 0.2) is 18.2 Å². The molecule has 34 heavy (non-hydrogen) atoms. The number of hydrogen-bond acceptors (Lipinski definition) is 6. The number of benzene rings is 1. The van der Waals surface area contributed by atoms with Crippen molar-refractivity contribution < 1.29 is 27.5 Å². The number of aromatic nitrogens is 1. The third-order valence-corrected chi connectivity index (χ3v) is 7.77. The molecule has 1 unspecified atom stereocenters. The van der Waals surface area contributed by atoms with Crippen molar-refractivity contribution in [3.63, 3.8) is 0 Å². The van der Waals surface area contributed by atoms with Crippen LogP contribution in [0.5, 0.6) is 0 Å². The minimum atomic E-state index is -3.00. The fourth-order valence-corrected chi connectivity index (χ4v) is 5.58. The number of carbonyl (C=O) groups is 2. The van der Waals surface area contributed by atoms with Gasteiger partial charge in [-0.1, -0.05) is 0 Å². The van der Waals surface area contributed by atoms with Crippen LogP contribution in [0.3, 0.4) is 0 Å². The second-order valence-electron chi connectivity index (χ2n) is 8.68. The molecule has 4 rings (SSSR count). The lowest BCUT2D eigenvalue weighted by Crippen LogP contribution is -2.46. The molecule has 2 aliphatic heterocycles. The van der Waals surface area contributed by atoms with Crippen LogP contribution in [0.2, 0.25) is 0 Å². The Morgan fingerprint density at radius 1 is 1.29 bits per heavy atom. The number of β-amino-alcohol motifs (C(OH)–C–C–N with tert-alkyl or cyclic N) is 1. The minimum Gasteiger partial charge on any atom is -0.390 e. The van der Waals surface area contributed by atoms with E-state index in [1.807, 2.05) is 4.90 Å². The number of aryl methyl sites for hydroxylation is 1. The summed E-state index contributed by atoms with van der Waals surface area (Å²) in [6.07, 6.45) is 0.748. The standard InChI is InChI=1S/C23H27FN4O5S/c1-13-20(10-18-17-9-15(24)3-4-19(17)27-22(18)30)26-14(2)21(13)23(31)25-11-16(29)12-28-5-7-34(32,33)8-6-28/h3-4,9-10,16,26,29H,5-8,11-12H2,1-2H3,(H,25,31)(H,27,30)/b18-10-. The number of carbonyl (C=O) groups excluding carboxylic acids is 2. The van der Waals surface area contributed by atoms with Gasteiger partial charge < -0.3 is 20.7 Å². The average molecular weight is 491 g/mol. The van der Waals surface area contributed by atoms with E-state index in [2.05, 4.69) is 15.6 Å². The molecule has 9 nitrogen and oxygen atoms in total. The van der Waals surface area contributed by atoms with Crippen LogP contribution in [-0.2, 0) is 14.6 Å². The summed E-state index contributed by atoms with van der Waals surface area (Å²) < 4.78 is 36.8. The monoisotopic (exact) mass is 490 g/mol. The summed E-state index contributed by atoms with van der Waals surface area (Å²) in [5.41, 5.74) is 3.45. The number of aliphatic hydroxyl groups excluding tert-OH is 1. The van der Waals surface area contributed by atoms with E-state index in [4.69, 9.17) is 0 Å². The lowest BCUT2D eigenvalue weighted by Gasteiger charge is -2.28. The number of halogens is 1. The van der Waals surface area contributed by atoms with Crippen LogP contribution in [0.1, 0.15) is 32.9 Å². The largest absolute Gasteiger partial charge is 0.390 e. The van der Waals surface area contributed by atoms with Gasteiger partial charge in [-0.25, -0.2) is 12.8 Å². The molecule has 0 spiro atoms. The fourth-order valence-electron chi connectivity index (χ4n) is 4.30. The van der Waals surface area contributed by atoms with Crippen molar-refractivity contribution in [1.82, 2.24) is 15.2 Å². The molecule has 0 radical (unpaired) electrons. The predicted octanol–water partition coefficient (Wildman–Crippen LogP) is 1.08. The highest BCUT2D eigenvalue weighted by Gasteiger charge is 2.27. The number of anilines is 1. The summed E-state index contributed by atoms with van der Waals surface area (Å²) >= 11 is 0. The van der Waals surface area contributed by atoms with Gasteiger partial charge in [-0.15, -0.1) is 0 Å². The van der Waals surface area contributed by atoms with Gasteiger partial charge in [-0.2, -0.15) is 0 Å². The lowest BCUT2D eigenvalue weighted by atomic mass is 10.0. The molecule has 1 saturated heterocycles. The van der Waals surface area contributed by atoms with Crippen molar-refractivity contribution in [2.75, 3.05) is 43.0 Å². The molecule has 0 aliphatic carbocycles. The molecular weight excluding hydrogens is 463 g/mol. The summed E-state index contributed by atoms with van der Waals surface area (Å²) in [7, 11) is -3.00. The molecule has 0 saturated carbocycles. The van der Waals surface area contributed by atoms with Crippen molar-refractivity contribution in [3.05, 3.63) is 52.1 Å². The van der Waals surface area contributed by atoms with E-state index in [0.29, 0.717) is 52.4 Å². The Balaban J connectivity index is 1.44. The molecule has 1 atom stereocenters. The SMILES string of the molecule is Cc1[nH]c(/C=C2\C(=O)Nc3ccc(F)cc32)c(C)c1C(=O)NCC(O)CN1CCS(=O)(=O)CC1. The van der Waals surface area contributed by atoms with Crippen molar-refractivity contribution >= 4 is 39.0 Å². The van der Waals surface area contributed by atoms with Crippen LogP contribution in [0.4, 0.5) is 10.1 Å². The molecule has 1 aromatic heterocycles. The summed E-state index contributed by atoms with van der Waals surface area (Å²) in [5, 5.41) is 15.7. The first-order valence-corrected chi connectivity index (χ1v) is 12.8. The van der Waals surface area contributed by atoms with Crippen molar-refractivity contribution in [2.45, 2.75) is 20.0 Å². The van der Waals surface area contributed by atoms with Gasteiger partial charge in [0.1, 0.15) is 5.82 Å². The number of fused-ring (bicyclic) bond motifs is 1. The first-order chi connectivity index (χ1) is 16.0. The molecule has 3 heterocycles. The highest BCUT2D eigenvalue weighted by molar-refractivity contribution is 7.91. The number of hydrogen-bond donors (Lipinski definition) is 4. The Morgan fingerprint density at radius 3 is 2.71 bits per heavy atom. The Hall–Kier alpha value is -3.02. The Labute approximate surface area is 197 Å². The number of nitrogens with one attached hydrogen (secondary N) is 3. The quantitative estimate of drug-likeness (QED) is 0.448. The van der Waals surface area contributed by atoms with Gasteiger partial charge in [0.15, 0.2) is 9.84 Å². The summed E-state index contributed by atoms with van der Waals surface area (Å²) in [6.45, 7) is 4.48. The molecular formula is C23H27FN4O5S. The number of amides is 2. The van der Waals surface area contributed by atoms with E-state index in [1.165, 1.54) is 18.2 Å². The van der Waals surface area contributed by atoms with Crippen LogP contribution in [-0.4, -0.2) is 79.0 Å². The van der Waals surface area contributed by atoms with Crippen LogP contribution < -0.4 is 10.6 Å². The highest BCUT2D eigenvalue weighted by Crippen LogP contribution is 2.34. The Kier molecular flexibility index (Phi) is 6.61. The van der Waals surface area contributed by atoms with Crippen molar-refractivity contribution in [2.24, 2.45) is 0 Å². The topological polar surface area (TPSA) is 132 Å². The number of aromatic amines is 1. The first-order valence-electron chi connectivity index (χ1n) is 11.0. The molecule has 1 aromatic carbocycles. The third-order valence-electron chi connectivity index (χ3n) is 6.16. The predicted molar refractivity (Wildman–Crippen MR) is 127 cm³/mol. The van der Waals surface area contributed by atoms with E-state index in [0.717, 1.165) is 0 Å². The van der Waals surface area contributed by atoms with Gasteiger partial charge in [0.25, 0.3) is 11.8 Å².